The Morgan fingerprint density at radius 2 is 1.43 bits per heavy atom. The van der Waals surface area contributed by atoms with Gasteiger partial charge in [-0.2, -0.15) is 0 Å². The Morgan fingerprint density at radius 3 is 2.00 bits per heavy atom. The van der Waals surface area contributed by atoms with Gasteiger partial charge in [0, 0.05) is 12.1 Å². The van der Waals surface area contributed by atoms with E-state index in [1.165, 1.54) is 43.3 Å². The molecule has 2 fully saturated rings. The minimum atomic E-state index is -1.58. The van der Waals surface area contributed by atoms with Gasteiger partial charge in [0.25, 0.3) is 23.4 Å². The van der Waals surface area contributed by atoms with Crippen molar-refractivity contribution in [3.63, 3.8) is 0 Å². The zero-order valence-electron chi connectivity index (χ0n) is 27.8. The number of thioether (sulfide) groups is 1. The SMILES string of the molecule is CC(C)=C(C(=O)OCc1ccccc1)N1C(=O)[C@@H](N2C(=O)c3ccccc3C2=O)[C@H]1SC(C(=O)OCc1ccc([N+](=O)[O-])cc1)C1(C)OCCO1. The predicted molar refractivity (Wildman–Crippen MR) is 181 cm³/mol. The van der Waals surface area contributed by atoms with Crippen molar-refractivity contribution in [3.8, 4) is 0 Å². The molecule has 264 valence electrons. The maximum Gasteiger partial charge on any atom is 0.355 e. The van der Waals surface area contributed by atoms with E-state index >= 15 is 0 Å². The summed E-state index contributed by atoms with van der Waals surface area (Å²) >= 11 is 0.848. The van der Waals surface area contributed by atoms with E-state index in [0.29, 0.717) is 16.7 Å². The number of non-ortho nitro benzene ring substituents is 1. The summed E-state index contributed by atoms with van der Waals surface area (Å²) in [5, 5.41) is 8.59. The lowest BCUT2D eigenvalue weighted by Crippen LogP contribution is -2.71. The number of benzene rings is 3. The van der Waals surface area contributed by atoms with Crippen molar-refractivity contribution in [1.29, 1.82) is 0 Å². The van der Waals surface area contributed by atoms with E-state index in [1.54, 1.807) is 50.2 Å². The Bertz CT molecular complexity index is 1890. The van der Waals surface area contributed by atoms with Gasteiger partial charge in [-0.3, -0.25) is 39.1 Å². The van der Waals surface area contributed by atoms with Crippen LogP contribution in [0.25, 0.3) is 0 Å². The van der Waals surface area contributed by atoms with Crippen LogP contribution in [0.3, 0.4) is 0 Å². The number of esters is 2. The van der Waals surface area contributed by atoms with Gasteiger partial charge in [0.1, 0.15) is 30.3 Å². The predicted octanol–water partition coefficient (Wildman–Crippen LogP) is 4.37. The Morgan fingerprint density at radius 1 is 0.882 bits per heavy atom. The Kier molecular flexibility index (Phi) is 10.1. The molecular formula is C36H33N3O11S. The molecule has 3 atom stereocenters. The number of nitrogens with zero attached hydrogens (tertiary/aromatic N) is 3. The van der Waals surface area contributed by atoms with Crippen LogP contribution in [0.1, 0.15) is 52.6 Å². The van der Waals surface area contributed by atoms with E-state index in [0.717, 1.165) is 21.6 Å². The van der Waals surface area contributed by atoms with Crippen LogP contribution in [0, 0.1) is 10.1 Å². The molecule has 1 unspecified atom stereocenters. The van der Waals surface area contributed by atoms with Crippen LogP contribution in [0.5, 0.6) is 0 Å². The molecule has 2 saturated heterocycles. The summed E-state index contributed by atoms with van der Waals surface area (Å²) in [7, 11) is 0. The molecule has 3 amide bonds. The molecule has 15 heteroatoms. The third kappa shape index (κ3) is 6.87. The third-order valence-electron chi connectivity index (χ3n) is 8.59. The molecule has 0 aromatic heterocycles. The summed E-state index contributed by atoms with van der Waals surface area (Å²) in [5.74, 6) is -5.34. The summed E-state index contributed by atoms with van der Waals surface area (Å²) in [4.78, 5) is 81.5. The zero-order chi connectivity index (χ0) is 36.4. The third-order valence-corrected chi connectivity index (χ3v) is 10.2. The van der Waals surface area contributed by atoms with Crippen molar-refractivity contribution < 1.29 is 47.8 Å². The molecule has 0 saturated carbocycles. The topological polar surface area (TPSA) is 172 Å². The van der Waals surface area contributed by atoms with Crippen molar-refractivity contribution in [2.75, 3.05) is 13.2 Å². The first kappa shape index (κ1) is 35.4. The number of rotatable bonds is 12. The summed E-state index contributed by atoms with van der Waals surface area (Å²) < 4.78 is 23.0. The first-order valence-corrected chi connectivity index (χ1v) is 16.9. The summed E-state index contributed by atoms with van der Waals surface area (Å²) in [6, 6.07) is 19.2. The van der Waals surface area contributed by atoms with E-state index in [4.69, 9.17) is 18.9 Å². The average molecular weight is 716 g/mol. The van der Waals surface area contributed by atoms with Gasteiger partial charge < -0.3 is 18.9 Å². The van der Waals surface area contributed by atoms with Gasteiger partial charge in [-0.1, -0.05) is 42.5 Å². The molecule has 51 heavy (non-hydrogen) atoms. The number of β-lactam (4-membered cyclic amide) rings is 1. The fraction of sp³-hybridized carbons (Fsp3) is 0.306. The van der Waals surface area contributed by atoms with E-state index in [1.807, 2.05) is 6.07 Å². The minimum Gasteiger partial charge on any atom is -0.460 e. The number of likely N-dealkylation sites (tertiary alicyclic amines) is 1. The van der Waals surface area contributed by atoms with Gasteiger partial charge in [0.05, 0.1) is 29.3 Å². The van der Waals surface area contributed by atoms with Crippen LogP contribution in [0.2, 0.25) is 0 Å². The molecule has 0 spiro atoms. The number of allylic oxidation sites excluding steroid dienone is 1. The second-order valence-electron chi connectivity index (χ2n) is 12.2. The quantitative estimate of drug-likeness (QED) is 0.0649. The second kappa shape index (κ2) is 14.5. The van der Waals surface area contributed by atoms with Crippen LogP contribution < -0.4 is 0 Å². The lowest BCUT2D eigenvalue weighted by atomic mass is 10.0. The zero-order valence-corrected chi connectivity index (χ0v) is 28.6. The second-order valence-corrected chi connectivity index (χ2v) is 13.5. The van der Waals surface area contributed by atoms with E-state index in [2.05, 4.69) is 0 Å². The Hall–Kier alpha value is -5.38. The van der Waals surface area contributed by atoms with Crippen LogP contribution in [-0.2, 0) is 46.5 Å². The standard InChI is InChI=1S/C36H33N3O11S/c1-21(2)27(34(43)47-19-22-9-5-4-6-10-22)38-32(42)28(37-30(40)25-11-7-8-12-26(25)31(37)41)33(38)51-29(36(3)49-17-18-50-36)35(44)48-20-23-13-15-24(16-14-23)39(45)46/h4-16,28-29,33H,17-20H2,1-3H3/t28-,29?,33-/m1/s1. The van der Waals surface area contributed by atoms with Crippen LogP contribution in [0.15, 0.2) is 90.1 Å². The normalized spacial score (nSPS) is 19.6. The van der Waals surface area contributed by atoms with Gasteiger partial charge in [-0.25, -0.2) is 4.79 Å². The highest BCUT2D eigenvalue weighted by Gasteiger charge is 2.61. The number of fused-ring (bicyclic) bond motifs is 1. The smallest absolute Gasteiger partial charge is 0.355 e. The molecular weight excluding hydrogens is 682 g/mol. The van der Waals surface area contributed by atoms with E-state index in [9.17, 15) is 34.1 Å². The van der Waals surface area contributed by atoms with Gasteiger partial charge >= 0.3 is 11.9 Å². The molecule has 6 rings (SSSR count). The summed E-state index contributed by atoms with van der Waals surface area (Å²) in [6.07, 6.45) is 0. The molecule has 3 aromatic carbocycles. The fourth-order valence-electron chi connectivity index (χ4n) is 6.01. The van der Waals surface area contributed by atoms with Crippen LogP contribution in [0.4, 0.5) is 5.69 Å². The molecule has 3 heterocycles. The highest BCUT2D eigenvalue weighted by Crippen LogP contribution is 2.46. The number of amides is 3. The highest BCUT2D eigenvalue weighted by molar-refractivity contribution is 8.01. The van der Waals surface area contributed by atoms with Gasteiger partial charge in [-0.05, 0) is 61.7 Å². The molecule has 3 aliphatic heterocycles. The number of hydrogen-bond acceptors (Lipinski definition) is 12. The number of ether oxygens (including phenoxy) is 4. The summed E-state index contributed by atoms with van der Waals surface area (Å²) in [5.41, 5.74) is 1.58. The van der Waals surface area contributed by atoms with Gasteiger partial charge in [0.15, 0.2) is 11.0 Å². The largest absolute Gasteiger partial charge is 0.460 e. The highest BCUT2D eigenvalue weighted by atomic mass is 32.2. The van der Waals surface area contributed by atoms with Crippen LogP contribution in [-0.4, -0.2) is 80.0 Å². The van der Waals surface area contributed by atoms with Gasteiger partial charge in [0.2, 0.25) is 0 Å². The minimum absolute atomic E-state index is 0.0878. The molecule has 3 aliphatic rings. The molecule has 3 aromatic rings. The van der Waals surface area contributed by atoms with E-state index < -0.39 is 57.0 Å². The Balaban J connectivity index is 1.33. The molecule has 0 bridgehead atoms. The molecule has 14 nitrogen and oxygen atoms in total. The Labute approximate surface area is 296 Å². The average Bonchev–Trinajstić information content (AvgIpc) is 3.67. The molecule has 0 radical (unpaired) electrons. The number of nitro benzene ring substituents is 1. The lowest BCUT2D eigenvalue weighted by Gasteiger charge is -2.50. The van der Waals surface area contributed by atoms with Crippen molar-refractivity contribution in [1.82, 2.24) is 9.80 Å². The number of nitro groups is 1. The monoisotopic (exact) mass is 715 g/mol. The van der Waals surface area contributed by atoms with Crippen molar-refractivity contribution in [2.24, 2.45) is 0 Å². The lowest BCUT2D eigenvalue weighted by molar-refractivity contribution is -0.384. The fourth-order valence-corrected chi connectivity index (χ4v) is 7.57. The molecule has 0 aliphatic carbocycles. The van der Waals surface area contributed by atoms with E-state index in [-0.39, 0.29) is 48.9 Å². The maximum atomic E-state index is 14.2. The van der Waals surface area contributed by atoms with Gasteiger partial charge in [-0.15, -0.1) is 11.8 Å². The van der Waals surface area contributed by atoms with Crippen molar-refractivity contribution >= 4 is 47.1 Å². The number of carbonyl (C=O) groups excluding carboxylic acids is 5. The summed E-state index contributed by atoms with van der Waals surface area (Å²) in [6.45, 7) is 4.70. The first-order valence-electron chi connectivity index (χ1n) is 15.9. The van der Waals surface area contributed by atoms with Crippen molar-refractivity contribution in [3.05, 3.63) is 123 Å². The van der Waals surface area contributed by atoms with Crippen LogP contribution >= 0.6 is 11.8 Å². The number of carbonyl (C=O) groups is 5. The first-order chi connectivity index (χ1) is 24.4. The molecule has 0 N–H and O–H groups in total. The van der Waals surface area contributed by atoms with Crippen molar-refractivity contribution in [2.45, 2.75) is 56.4 Å². The maximum absolute atomic E-state index is 14.2. The number of hydrogen-bond donors (Lipinski definition) is 0. The number of imide groups is 1.